The summed E-state index contributed by atoms with van der Waals surface area (Å²) in [5.41, 5.74) is 0.806. The Morgan fingerprint density at radius 1 is 1.40 bits per heavy atom. The molecule has 0 spiro atoms. The lowest BCUT2D eigenvalue weighted by Crippen LogP contribution is -2.31. The van der Waals surface area contributed by atoms with Crippen molar-refractivity contribution in [3.05, 3.63) is 29.8 Å². The SMILES string of the molecule is CCC(CO)NCc1cccc(NC(=O)C(F)(F)F)c1. The second kappa shape index (κ2) is 7.25. The second-order valence-electron chi connectivity index (χ2n) is 4.32. The smallest absolute Gasteiger partial charge is 0.395 e. The van der Waals surface area contributed by atoms with Crippen LogP contribution in [0.25, 0.3) is 0 Å². The van der Waals surface area contributed by atoms with Crippen LogP contribution in [0, 0.1) is 0 Å². The summed E-state index contributed by atoms with van der Waals surface area (Å²) in [5.74, 6) is -2.00. The molecule has 0 aromatic heterocycles. The summed E-state index contributed by atoms with van der Waals surface area (Å²) < 4.78 is 36.4. The maximum atomic E-state index is 12.1. The van der Waals surface area contributed by atoms with Gasteiger partial charge in [0.15, 0.2) is 0 Å². The van der Waals surface area contributed by atoms with Crippen molar-refractivity contribution in [3.63, 3.8) is 0 Å². The van der Waals surface area contributed by atoms with E-state index in [-0.39, 0.29) is 18.3 Å². The molecule has 4 nitrogen and oxygen atoms in total. The number of nitrogens with one attached hydrogen (secondary N) is 2. The Labute approximate surface area is 115 Å². The van der Waals surface area contributed by atoms with E-state index in [1.807, 2.05) is 6.92 Å². The molecule has 1 aromatic rings. The summed E-state index contributed by atoms with van der Waals surface area (Å²) in [6, 6.07) is 6.06. The predicted octanol–water partition coefficient (Wildman–Crippen LogP) is 2.05. The topological polar surface area (TPSA) is 61.4 Å². The number of rotatable bonds is 6. The van der Waals surface area contributed by atoms with Crippen molar-refractivity contribution < 1.29 is 23.1 Å². The number of aliphatic hydroxyl groups is 1. The van der Waals surface area contributed by atoms with Gasteiger partial charge in [0.05, 0.1) is 6.61 Å². The van der Waals surface area contributed by atoms with Gasteiger partial charge in [0.2, 0.25) is 0 Å². The number of benzene rings is 1. The van der Waals surface area contributed by atoms with E-state index in [0.717, 1.165) is 12.0 Å². The van der Waals surface area contributed by atoms with Gasteiger partial charge >= 0.3 is 12.1 Å². The zero-order valence-electron chi connectivity index (χ0n) is 11.0. The lowest BCUT2D eigenvalue weighted by atomic mass is 10.1. The highest BCUT2D eigenvalue weighted by Gasteiger charge is 2.38. The zero-order chi connectivity index (χ0) is 15.2. The molecule has 0 fully saturated rings. The summed E-state index contributed by atoms with van der Waals surface area (Å²) >= 11 is 0. The van der Waals surface area contributed by atoms with Gasteiger partial charge in [0.25, 0.3) is 0 Å². The molecule has 1 atom stereocenters. The number of carbonyl (C=O) groups excluding carboxylic acids is 1. The van der Waals surface area contributed by atoms with Gasteiger partial charge in [-0.15, -0.1) is 0 Å². The Kier molecular flexibility index (Phi) is 5.97. The van der Waals surface area contributed by atoms with Gasteiger partial charge in [0.1, 0.15) is 0 Å². The number of carbonyl (C=O) groups is 1. The van der Waals surface area contributed by atoms with Gasteiger partial charge in [-0.25, -0.2) is 0 Å². The third-order valence-corrected chi connectivity index (χ3v) is 2.75. The fourth-order valence-corrected chi connectivity index (χ4v) is 1.56. The maximum Gasteiger partial charge on any atom is 0.471 e. The number of hydrogen-bond acceptors (Lipinski definition) is 3. The van der Waals surface area contributed by atoms with Gasteiger partial charge in [0, 0.05) is 18.3 Å². The molecule has 1 amide bonds. The van der Waals surface area contributed by atoms with Crippen molar-refractivity contribution in [1.82, 2.24) is 5.32 Å². The van der Waals surface area contributed by atoms with Crippen LogP contribution in [0.3, 0.4) is 0 Å². The van der Waals surface area contributed by atoms with Crippen LogP contribution in [-0.2, 0) is 11.3 Å². The van der Waals surface area contributed by atoms with Crippen molar-refractivity contribution in [3.8, 4) is 0 Å². The van der Waals surface area contributed by atoms with E-state index in [0.29, 0.717) is 6.54 Å². The third kappa shape index (κ3) is 5.18. The molecular formula is C13H17F3N2O2. The van der Waals surface area contributed by atoms with E-state index in [9.17, 15) is 18.0 Å². The quantitative estimate of drug-likeness (QED) is 0.751. The third-order valence-electron chi connectivity index (χ3n) is 2.75. The van der Waals surface area contributed by atoms with Gasteiger partial charge in [-0.05, 0) is 24.1 Å². The van der Waals surface area contributed by atoms with Crippen LogP contribution in [0.4, 0.5) is 18.9 Å². The summed E-state index contributed by atoms with van der Waals surface area (Å²) in [5, 5.41) is 13.9. The molecule has 7 heteroatoms. The number of hydrogen-bond donors (Lipinski definition) is 3. The average Bonchev–Trinajstić information content (AvgIpc) is 2.39. The molecule has 0 aliphatic heterocycles. The minimum atomic E-state index is -4.90. The maximum absolute atomic E-state index is 12.1. The predicted molar refractivity (Wildman–Crippen MR) is 69.1 cm³/mol. The van der Waals surface area contributed by atoms with Gasteiger partial charge in [-0.1, -0.05) is 19.1 Å². The molecule has 1 unspecified atom stereocenters. The van der Waals surface area contributed by atoms with Crippen molar-refractivity contribution >= 4 is 11.6 Å². The monoisotopic (exact) mass is 290 g/mol. The first-order chi connectivity index (χ1) is 9.36. The summed E-state index contributed by atoms with van der Waals surface area (Å²) in [7, 11) is 0. The number of anilines is 1. The van der Waals surface area contributed by atoms with E-state index in [2.05, 4.69) is 5.32 Å². The van der Waals surface area contributed by atoms with Crippen LogP contribution in [0.2, 0.25) is 0 Å². The molecule has 0 bridgehead atoms. The highest BCUT2D eigenvalue weighted by Crippen LogP contribution is 2.18. The van der Waals surface area contributed by atoms with Crippen LogP contribution in [-0.4, -0.2) is 29.8 Å². The van der Waals surface area contributed by atoms with Crippen molar-refractivity contribution in [2.45, 2.75) is 32.1 Å². The minimum Gasteiger partial charge on any atom is -0.395 e. The number of alkyl halides is 3. The lowest BCUT2D eigenvalue weighted by Gasteiger charge is -2.14. The number of aliphatic hydroxyl groups excluding tert-OH is 1. The molecule has 0 heterocycles. The Hall–Kier alpha value is -1.60. The molecule has 112 valence electrons. The molecule has 0 radical (unpaired) electrons. The molecule has 3 N–H and O–H groups in total. The Bertz CT molecular complexity index is 445. The lowest BCUT2D eigenvalue weighted by molar-refractivity contribution is -0.167. The Morgan fingerprint density at radius 2 is 2.10 bits per heavy atom. The average molecular weight is 290 g/mol. The van der Waals surface area contributed by atoms with Gasteiger partial charge < -0.3 is 15.7 Å². The van der Waals surface area contributed by atoms with Crippen LogP contribution in [0.15, 0.2) is 24.3 Å². The molecule has 1 aromatic carbocycles. The second-order valence-corrected chi connectivity index (χ2v) is 4.32. The molecular weight excluding hydrogens is 273 g/mol. The highest BCUT2D eigenvalue weighted by molar-refractivity contribution is 5.94. The van der Waals surface area contributed by atoms with Crippen LogP contribution in [0.1, 0.15) is 18.9 Å². The molecule has 0 saturated heterocycles. The van der Waals surface area contributed by atoms with E-state index < -0.39 is 12.1 Å². The molecule has 0 saturated carbocycles. The van der Waals surface area contributed by atoms with Crippen molar-refractivity contribution in [1.29, 1.82) is 0 Å². The van der Waals surface area contributed by atoms with Crippen LogP contribution in [0.5, 0.6) is 0 Å². The number of halogens is 3. The summed E-state index contributed by atoms with van der Waals surface area (Å²) in [4.78, 5) is 10.8. The molecule has 1 rings (SSSR count). The van der Waals surface area contributed by atoms with E-state index in [4.69, 9.17) is 5.11 Å². The normalized spacial score (nSPS) is 13.1. The van der Waals surface area contributed by atoms with Gasteiger partial charge in [-0.2, -0.15) is 13.2 Å². The highest BCUT2D eigenvalue weighted by atomic mass is 19.4. The standard InChI is InChI=1S/C13H17F3N2O2/c1-2-10(8-19)17-7-9-4-3-5-11(6-9)18-12(20)13(14,15)16/h3-6,10,17,19H,2,7-8H2,1H3,(H,18,20). The van der Waals surface area contributed by atoms with E-state index >= 15 is 0 Å². The fraction of sp³-hybridized carbons (Fsp3) is 0.462. The molecule has 20 heavy (non-hydrogen) atoms. The first kappa shape index (κ1) is 16.5. The van der Waals surface area contributed by atoms with Gasteiger partial charge in [-0.3, -0.25) is 4.79 Å². The van der Waals surface area contributed by atoms with Crippen molar-refractivity contribution in [2.75, 3.05) is 11.9 Å². The molecule has 0 aliphatic carbocycles. The minimum absolute atomic E-state index is 0.0129. The molecule has 0 aliphatic rings. The van der Waals surface area contributed by atoms with Crippen LogP contribution >= 0.6 is 0 Å². The fourth-order valence-electron chi connectivity index (χ4n) is 1.56. The van der Waals surface area contributed by atoms with E-state index in [1.165, 1.54) is 12.1 Å². The number of amides is 1. The Morgan fingerprint density at radius 3 is 2.65 bits per heavy atom. The first-order valence-electron chi connectivity index (χ1n) is 6.18. The van der Waals surface area contributed by atoms with Crippen molar-refractivity contribution in [2.24, 2.45) is 0 Å². The largest absolute Gasteiger partial charge is 0.471 e. The summed E-state index contributed by atoms with van der Waals surface area (Å²) in [6.07, 6.45) is -4.17. The first-order valence-corrected chi connectivity index (χ1v) is 6.18. The summed E-state index contributed by atoms with van der Waals surface area (Å²) in [6.45, 7) is 2.30. The zero-order valence-corrected chi connectivity index (χ0v) is 11.0. The van der Waals surface area contributed by atoms with E-state index in [1.54, 1.807) is 17.4 Å². The Balaban J connectivity index is 2.64. The van der Waals surface area contributed by atoms with Crippen LogP contribution < -0.4 is 10.6 Å².